The topological polar surface area (TPSA) is 67.4 Å². The Hall–Kier alpha value is -2.89. The van der Waals surface area contributed by atoms with Gasteiger partial charge in [-0.05, 0) is 48.4 Å². The summed E-state index contributed by atoms with van der Waals surface area (Å²) in [4.78, 5) is 23.5. The maximum absolute atomic E-state index is 12.8. The van der Waals surface area contributed by atoms with Gasteiger partial charge in [-0.3, -0.25) is 4.79 Å². The number of ether oxygens (including phenoxy) is 1. The van der Waals surface area contributed by atoms with Gasteiger partial charge >= 0.3 is 5.97 Å². The van der Waals surface area contributed by atoms with Crippen LogP contribution in [0.4, 0.5) is 10.1 Å². The highest BCUT2D eigenvalue weighted by molar-refractivity contribution is 5.90. The standard InChI is InChI=1S/C19H21FN2O3/c1-2-11-25-19(24)15-5-9-17(10-6-15)21-13-18(23)22-12-14-3-7-16(20)8-4-14/h3-10,21H,2,11-13H2,1H3,(H,22,23). The van der Waals surface area contributed by atoms with Crippen LogP contribution < -0.4 is 10.6 Å². The Bertz CT molecular complexity index is 700. The number of halogens is 1. The van der Waals surface area contributed by atoms with Crippen LogP contribution in [0.3, 0.4) is 0 Å². The van der Waals surface area contributed by atoms with Crippen molar-refractivity contribution >= 4 is 17.6 Å². The summed E-state index contributed by atoms with van der Waals surface area (Å²) in [6.07, 6.45) is 0.776. The second kappa shape index (κ2) is 9.42. The van der Waals surface area contributed by atoms with Crippen LogP contribution >= 0.6 is 0 Å². The van der Waals surface area contributed by atoms with Crippen LogP contribution in [0.25, 0.3) is 0 Å². The summed E-state index contributed by atoms with van der Waals surface area (Å²) in [5, 5.41) is 5.72. The zero-order valence-corrected chi connectivity index (χ0v) is 14.0. The van der Waals surface area contributed by atoms with E-state index in [4.69, 9.17) is 4.74 Å². The molecular weight excluding hydrogens is 323 g/mol. The predicted octanol–water partition coefficient (Wildman–Crippen LogP) is 3.12. The average molecular weight is 344 g/mol. The van der Waals surface area contributed by atoms with E-state index in [0.717, 1.165) is 17.7 Å². The van der Waals surface area contributed by atoms with E-state index in [2.05, 4.69) is 10.6 Å². The molecule has 0 unspecified atom stereocenters. The van der Waals surface area contributed by atoms with Crippen molar-refractivity contribution in [2.75, 3.05) is 18.5 Å². The molecule has 0 aliphatic carbocycles. The maximum Gasteiger partial charge on any atom is 0.338 e. The molecule has 0 radical (unpaired) electrons. The van der Waals surface area contributed by atoms with Crippen molar-refractivity contribution in [2.24, 2.45) is 0 Å². The molecule has 0 bridgehead atoms. The Labute approximate surface area is 146 Å². The van der Waals surface area contributed by atoms with Crippen molar-refractivity contribution in [2.45, 2.75) is 19.9 Å². The van der Waals surface area contributed by atoms with E-state index in [1.54, 1.807) is 36.4 Å². The lowest BCUT2D eigenvalue weighted by atomic mass is 10.2. The normalized spacial score (nSPS) is 10.2. The van der Waals surface area contributed by atoms with E-state index in [1.807, 2.05) is 6.92 Å². The fraction of sp³-hybridized carbons (Fsp3) is 0.263. The summed E-state index contributed by atoms with van der Waals surface area (Å²) in [6.45, 7) is 2.76. The molecule has 5 nitrogen and oxygen atoms in total. The van der Waals surface area contributed by atoms with Crippen molar-refractivity contribution in [1.29, 1.82) is 0 Å². The van der Waals surface area contributed by atoms with Gasteiger partial charge in [-0.25, -0.2) is 9.18 Å². The van der Waals surface area contributed by atoms with Crippen LogP contribution in [0.15, 0.2) is 48.5 Å². The molecule has 2 rings (SSSR count). The largest absolute Gasteiger partial charge is 0.462 e. The highest BCUT2D eigenvalue weighted by atomic mass is 19.1. The molecule has 25 heavy (non-hydrogen) atoms. The van der Waals surface area contributed by atoms with E-state index in [0.29, 0.717) is 18.7 Å². The molecule has 0 aromatic heterocycles. The Morgan fingerprint density at radius 2 is 1.72 bits per heavy atom. The van der Waals surface area contributed by atoms with Gasteiger partial charge < -0.3 is 15.4 Å². The van der Waals surface area contributed by atoms with Crippen molar-refractivity contribution < 1.29 is 18.7 Å². The molecule has 0 saturated heterocycles. The maximum atomic E-state index is 12.8. The van der Waals surface area contributed by atoms with Crippen molar-refractivity contribution in [1.82, 2.24) is 5.32 Å². The number of hydrogen-bond donors (Lipinski definition) is 2. The quantitative estimate of drug-likeness (QED) is 0.722. The molecule has 132 valence electrons. The molecule has 0 aliphatic rings. The van der Waals surface area contributed by atoms with E-state index in [-0.39, 0.29) is 24.2 Å². The molecule has 0 atom stereocenters. The molecule has 0 heterocycles. The van der Waals surface area contributed by atoms with Crippen LogP contribution in [-0.4, -0.2) is 25.0 Å². The first-order valence-electron chi connectivity index (χ1n) is 8.10. The summed E-state index contributed by atoms with van der Waals surface area (Å²) >= 11 is 0. The zero-order chi connectivity index (χ0) is 18.1. The fourth-order valence-electron chi connectivity index (χ4n) is 2.05. The number of hydrogen-bond acceptors (Lipinski definition) is 4. The summed E-state index contributed by atoms with van der Waals surface area (Å²) in [5.74, 6) is -0.847. The van der Waals surface area contributed by atoms with Crippen LogP contribution in [0.5, 0.6) is 0 Å². The van der Waals surface area contributed by atoms with Crippen molar-refractivity contribution in [3.63, 3.8) is 0 Å². The Balaban J connectivity index is 1.75. The first-order chi connectivity index (χ1) is 12.1. The van der Waals surface area contributed by atoms with Gasteiger partial charge in [0.15, 0.2) is 0 Å². The molecule has 0 saturated carbocycles. The van der Waals surface area contributed by atoms with Crippen LogP contribution in [0.1, 0.15) is 29.3 Å². The smallest absolute Gasteiger partial charge is 0.338 e. The highest BCUT2D eigenvalue weighted by Gasteiger charge is 2.07. The van der Waals surface area contributed by atoms with Gasteiger partial charge in [0.25, 0.3) is 0 Å². The third kappa shape index (κ3) is 6.25. The van der Waals surface area contributed by atoms with Crippen LogP contribution in [0, 0.1) is 5.82 Å². The molecule has 1 amide bonds. The lowest BCUT2D eigenvalue weighted by molar-refractivity contribution is -0.119. The monoisotopic (exact) mass is 344 g/mol. The Morgan fingerprint density at radius 1 is 1.04 bits per heavy atom. The van der Waals surface area contributed by atoms with E-state index in [1.165, 1.54) is 12.1 Å². The lowest BCUT2D eigenvalue weighted by Crippen LogP contribution is -2.29. The number of nitrogens with one attached hydrogen (secondary N) is 2. The van der Waals surface area contributed by atoms with E-state index < -0.39 is 0 Å². The molecule has 2 N–H and O–H groups in total. The number of carbonyl (C=O) groups is 2. The van der Waals surface area contributed by atoms with E-state index in [9.17, 15) is 14.0 Å². The number of amides is 1. The van der Waals surface area contributed by atoms with Gasteiger partial charge in [-0.2, -0.15) is 0 Å². The molecule has 6 heteroatoms. The Morgan fingerprint density at radius 3 is 2.36 bits per heavy atom. The van der Waals surface area contributed by atoms with Crippen LogP contribution in [0.2, 0.25) is 0 Å². The molecule has 0 aliphatic heterocycles. The van der Waals surface area contributed by atoms with Crippen molar-refractivity contribution in [3.8, 4) is 0 Å². The Kier molecular flexibility index (Phi) is 6.95. The minimum Gasteiger partial charge on any atom is -0.462 e. The average Bonchev–Trinajstić information content (AvgIpc) is 2.64. The second-order valence-corrected chi connectivity index (χ2v) is 5.47. The molecule has 0 fully saturated rings. The van der Waals surface area contributed by atoms with Crippen molar-refractivity contribution in [3.05, 3.63) is 65.5 Å². The molecule has 2 aromatic rings. The molecule has 0 spiro atoms. The zero-order valence-electron chi connectivity index (χ0n) is 14.0. The molecule has 2 aromatic carbocycles. The number of carbonyl (C=O) groups excluding carboxylic acids is 2. The summed E-state index contributed by atoms with van der Waals surface area (Å²) in [5.41, 5.74) is 2.02. The third-order valence-corrected chi connectivity index (χ3v) is 3.41. The summed E-state index contributed by atoms with van der Waals surface area (Å²) in [7, 11) is 0. The van der Waals surface area contributed by atoms with E-state index >= 15 is 0 Å². The SMILES string of the molecule is CCCOC(=O)c1ccc(NCC(=O)NCc2ccc(F)cc2)cc1. The number of anilines is 1. The van der Waals surface area contributed by atoms with Gasteiger partial charge in [0.2, 0.25) is 5.91 Å². The van der Waals surface area contributed by atoms with Gasteiger partial charge in [0.1, 0.15) is 5.82 Å². The second-order valence-electron chi connectivity index (χ2n) is 5.47. The number of esters is 1. The van der Waals surface area contributed by atoms with Gasteiger partial charge in [-0.1, -0.05) is 19.1 Å². The van der Waals surface area contributed by atoms with Gasteiger partial charge in [0, 0.05) is 12.2 Å². The molecular formula is C19H21FN2O3. The lowest BCUT2D eigenvalue weighted by Gasteiger charge is -2.09. The first kappa shape index (κ1) is 18.4. The number of benzene rings is 2. The number of rotatable bonds is 8. The summed E-state index contributed by atoms with van der Waals surface area (Å²) < 4.78 is 17.9. The van der Waals surface area contributed by atoms with Gasteiger partial charge in [-0.15, -0.1) is 0 Å². The summed E-state index contributed by atoms with van der Waals surface area (Å²) in [6, 6.07) is 12.7. The third-order valence-electron chi connectivity index (χ3n) is 3.41. The van der Waals surface area contributed by atoms with Gasteiger partial charge in [0.05, 0.1) is 18.7 Å². The minimum atomic E-state index is -0.356. The first-order valence-corrected chi connectivity index (χ1v) is 8.10. The minimum absolute atomic E-state index is 0.0980. The predicted molar refractivity (Wildman–Crippen MR) is 93.8 cm³/mol. The van der Waals surface area contributed by atoms with Crippen LogP contribution in [-0.2, 0) is 16.1 Å². The fourth-order valence-corrected chi connectivity index (χ4v) is 2.05. The highest BCUT2D eigenvalue weighted by Crippen LogP contribution is 2.10.